The highest BCUT2D eigenvalue weighted by molar-refractivity contribution is 7.25. The Morgan fingerprint density at radius 3 is 2.16 bits per heavy atom. The van der Waals surface area contributed by atoms with Crippen LogP contribution in [0, 0.1) is 0 Å². The molecule has 0 aliphatic heterocycles. The van der Waals surface area contributed by atoms with Crippen molar-refractivity contribution in [3.8, 4) is 0 Å². The first-order valence-electron chi connectivity index (χ1n) is 11.3. The maximum absolute atomic E-state index is 2.44. The van der Waals surface area contributed by atoms with Gasteiger partial charge in [0.15, 0.2) is 0 Å². The Morgan fingerprint density at radius 2 is 1.25 bits per heavy atom. The molecule has 0 amide bonds. The van der Waals surface area contributed by atoms with Crippen LogP contribution in [0.4, 0.5) is 0 Å². The van der Waals surface area contributed by atoms with Gasteiger partial charge in [-0.15, -0.1) is 11.3 Å². The minimum Gasteiger partial charge on any atom is -0.135 e. The molecule has 154 valence electrons. The van der Waals surface area contributed by atoms with Gasteiger partial charge in [-0.2, -0.15) is 0 Å². The molecule has 1 atom stereocenters. The van der Waals surface area contributed by atoms with Crippen LogP contribution in [0.15, 0.2) is 115 Å². The third-order valence-electron chi connectivity index (χ3n) is 6.59. The molecule has 0 aliphatic carbocycles. The molecule has 0 N–H and O–H groups in total. The SMILES string of the molecule is c1ccc([C@H](CCc2cccc3ccccc23)c2ccc3sc4ccccc4c3c2)cc1. The second-order valence-electron chi connectivity index (χ2n) is 8.49. The predicted molar refractivity (Wildman–Crippen MR) is 140 cm³/mol. The fourth-order valence-electron chi connectivity index (χ4n) is 4.98. The minimum absolute atomic E-state index is 0.373. The average molecular weight is 429 g/mol. The molecule has 0 saturated carbocycles. The molecule has 0 aliphatic rings. The molecule has 1 aromatic heterocycles. The molecular weight excluding hydrogens is 404 g/mol. The van der Waals surface area contributed by atoms with E-state index in [-0.39, 0.29) is 0 Å². The second kappa shape index (κ2) is 8.26. The molecule has 0 fully saturated rings. The number of hydrogen-bond acceptors (Lipinski definition) is 1. The van der Waals surface area contributed by atoms with Crippen LogP contribution in [0.3, 0.4) is 0 Å². The first-order chi connectivity index (χ1) is 15.9. The first kappa shape index (κ1) is 19.3. The van der Waals surface area contributed by atoms with E-state index in [9.17, 15) is 0 Å². The number of benzene rings is 5. The molecule has 0 nitrogen and oxygen atoms in total. The lowest BCUT2D eigenvalue weighted by Gasteiger charge is -2.19. The number of rotatable bonds is 5. The van der Waals surface area contributed by atoms with Crippen molar-refractivity contribution in [3.63, 3.8) is 0 Å². The lowest BCUT2D eigenvalue weighted by atomic mass is 9.85. The van der Waals surface area contributed by atoms with E-state index >= 15 is 0 Å². The lowest BCUT2D eigenvalue weighted by molar-refractivity contribution is 0.718. The molecule has 32 heavy (non-hydrogen) atoms. The molecule has 0 bridgehead atoms. The van der Waals surface area contributed by atoms with Crippen LogP contribution in [0.5, 0.6) is 0 Å². The molecule has 0 radical (unpaired) electrons. The third-order valence-corrected chi connectivity index (χ3v) is 7.74. The molecule has 1 heteroatoms. The standard InChI is InChI=1S/C31H24S/c1-2-9-22(10-3-1)27(19-17-24-13-8-12-23-11-4-5-14-26(23)24)25-18-20-31-29(21-25)28-15-6-7-16-30(28)32-31/h1-16,18,20-21,27H,17,19H2/t27-/m0/s1. The van der Waals surface area contributed by atoms with Crippen molar-refractivity contribution in [1.82, 2.24) is 0 Å². The van der Waals surface area contributed by atoms with Gasteiger partial charge < -0.3 is 0 Å². The Hall–Kier alpha value is -3.42. The Morgan fingerprint density at radius 1 is 0.531 bits per heavy atom. The van der Waals surface area contributed by atoms with Crippen LogP contribution >= 0.6 is 11.3 Å². The zero-order valence-corrected chi connectivity index (χ0v) is 18.7. The van der Waals surface area contributed by atoms with Crippen LogP contribution < -0.4 is 0 Å². The van der Waals surface area contributed by atoms with Crippen molar-refractivity contribution >= 4 is 42.3 Å². The van der Waals surface area contributed by atoms with Gasteiger partial charge in [-0.1, -0.05) is 97.1 Å². The Balaban J connectivity index is 1.42. The Labute approximate surface area is 192 Å². The predicted octanol–water partition coefficient (Wildman–Crippen LogP) is 8.97. The smallest absolute Gasteiger partial charge is 0.0355 e. The van der Waals surface area contributed by atoms with Crippen LogP contribution in [-0.4, -0.2) is 0 Å². The molecule has 0 saturated heterocycles. The Kier molecular flexibility index (Phi) is 4.97. The quantitative estimate of drug-likeness (QED) is 0.257. The summed E-state index contributed by atoms with van der Waals surface area (Å²) in [5.41, 5.74) is 4.24. The Bertz CT molecular complexity index is 1520. The van der Waals surface area contributed by atoms with E-state index in [1.807, 2.05) is 11.3 Å². The van der Waals surface area contributed by atoms with Crippen molar-refractivity contribution in [3.05, 3.63) is 132 Å². The van der Waals surface area contributed by atoms with E-state index in [1.54, 1.807) is 0 Å². The van der Waals surface area contributed by atoms with Gasteiger partial charge in [-0.05, 0) is 58.5 Å². The monoisotopic (exact) mass is 428 g/mol. The molecule has 5 aromatic carbocycles. The maximum atomic E-state index is 2.44. The van der Waals surface area contributed by atoms with Crippen LogP contribution in [0.25, 0.3) is 30.9 Å². The largest absolute Gasteiger partial charge is 0.135 e. The zero-order valence-electron chi connectivity index (χ0n) is 17.9. The second-order valence-corrected chi connectivity index (χ2v) is 9.58. The molecular formula is C31H24S. The van der Waals surface area contributed by atoms with E-state index in [1.165, 1.54) is 47.6 Å². The highest BCUT2D eigenvalue weighted by Gasteiger charge is 2.16. The number of fused-ring (bicyclic) bond motifs is 4. The van der Waals surface area contributed by atoms with Gasteiger partial charge in [0, 0.05) is 26.1 Å². The fourth-order valence-corrected chi connectivity index (χ4v) is 6.07. The van der Waals surface area contributed by atoms with Crippen molar-refractivity contribution in [2.24, 2.45) is 0 Å². The van der Waals surface area contributed by atoms with Crippen molar-refractivity contribution < 1.29 is 0 Å². The van der Waals surface area contributed by atoms with Crippen LogP contribution in [0.2, 0.25) is 0 Å². The number of aryl methyl sites for hydroxylation is 1. The van der Waals surface area contributed by atoms with Crippen LogP contribution in [0.1, 0.15) is 29.0 Å². The van der Waals surface area contributed by atoms with Gasteiger partial charge >= 0.3 is 0 Å². The van der Waals surface area contributed by atoms with Gasteiger partial charge in [0.25, 0.3) is 0 Å². The van der Waals surface area contributed by atoms with Crippen molar-refractivity contribution in [2.45, 2.75) is 18.8 Å². The summed E-state index contributed by atoms with van der Waals surface area (Å²) < 4.78 is 2.74. The van der Waals surface area contributed by atoms with E-state index in [0.717, 1.165) is 12.8 Å². The van der Waals surface area contributed by atoms with Gasteiger partial charge in [-0.25, -0.2) is 0 Å². The third kappa shape index (κ3) is 3.49. The fraction of sp³-hybridized carbons (Fsp3) is 0.0968. The maximum Gasteiger partial charge on any atom is 0.0355 e. The summed E-state index contributed by atoms with van der Waals surface area (Å²) in [5, 5.41) is 5.46. The molecule has 6 rings (SSSR count). The van der Waals surface area contributed by atoms with Gasteiger partial charge in [-0.3, -0.25) is 0 Å². The highest BCUT2D eigenvalue weighted by Crippen LogP contribution is 2.38. The molecule has 6 aromatic rings. The topological polar surface area (TPSA) is 0 Å². The van der Waals surface area contributed by atoms with Gasteiger partial charge in [0.05, 0.1) is 0 Å². The summed E-state index contributed by atoms with van der Waals surface area (Å²) in [6.45, 7) is 0. The number of hydrogen-bond donors (Lipinski definition) is 0. The summed E-state index contributed by atoms with van der Waals surface area (Å²) in [6, 6.07) is 42.3. The summed E-state index contributed by atoms with van der Waals surface area (Å²) in [5.74, 6) is 0.373. The van der Waals surface area contributed by atoms with E-state index in [2.05, 4.69) is 115 Å². The highest BCUT2D eigenvalue weighted by atomic mass is 32.1. The average Bonchev–Trinajstić information content (AvgIpc) is 3.23. The van der Waals surface area contributed by atoms with Gasteiger partial charge in [0.1, 0.15) is 0 Å². The normalized spacial score (nSPS) is 12.5. The summed E-state index contributed by atoms with van der Waals surface area (Å²) >= 11 is 1.89. The van der Waals surface area contributed by atoms with Crippen molar-refractivity contribution in [2.75, 3.05) is 0 Å². The summed E-state index contributed by atoms with van der Waals surface area (Å²) in [7, 11) is 0. The van der Waals surface area contributed by atoms with Crippen molar-refractivity contribution in [1.29, 1.82) is 0 Å². The van der Waals surface area contributed by atoms with Crippen LogP contribution in [-0.2, 0) is 6.42 Å². The van der Waals surface area contributed by atoms with E-state index in [0.29, 0.717) is 5.92 Å². The van der Waals surface area contributed by atoms with E-state index in [4.69, 9.17) is 0 Å². The summed E-state index contributed by atoms with van der Waals surface area (Å²) in [4.78, 5) is 0. The summed E-state index contributed by atoms with van der Waals surface area (Å²) in [6.07, 6.45) is 2.15. The molecule has 0 spiro atoms. The van der Waals surface area contributed by atoms with Gasteiger partial charge in [0.2, 0.25) is 0 Å². The molecule has 1 heterocycles. The lowest BCUT2D eigenvalue weighted by Crippen LogP contribution is -2.03. The molecule has 0 unspecified atom stereocenters. The zero-order chi connectivity index (χ0) is 21.3. The number of thiophene rings is 1. The van der Waals surface area contributed by atoms with E-state index < -0.39 is 0 Å². The first-order valence-corrected chi connectivity index (χ1v) is 12.1. The minimum atomic E-state index is 0.373.